The van der Waals surface area contributed by atoms with Gasteiger partial charge >= 0.3 is 0 Å². The standard InChI is InChI=1S/C19H32N4O2/c1-3-9-20-18(24)15-23-13-7-17(8-14-23)21-19(25)16-5-11-22(10-4-2)12-6-16/h2,16-17H,3,5-15H2,1H3,(H,20,24)(H,21,25). The van der Waals surface area contributed by atoms with Gasteiger partial charge in [0.1, 0.15) is 0 Å². The van der Waals surface area contributed by atoms with Crippen molar-refractivity contribution in [3.63, 3.8) is 0 Å². The Morgan fingerprint density at radius 2 is 1.72 bits per heavy atom. The zero-order valence-corrected chi connectivity index (χ0v) is 15.4. The third-order valence-electron chi connectivity index (χ3n) is 5.15. The van der Waals surface area contributed by atoms with E-state index < -0.39 is 0 Å². The fraction of sp³-hybridized carbons (Fsp3) is 0.789. The summed E-state index contributed by atoms with van der Waals surface area (Å²) in [6, 6.07) is 0.242. The minimum Gasteiger partial charge on any atom is -0.355 e. The molecule has 0 unspecified atom stereocenters. The molecule has 2 saturated heterocycles. The number of amides is 2. The van der Waals surface area contributed by atoms with Crippen LogP contribution in [0.1, 0.15) is 39.0 Å². The molecule has 6 nitrogen and oxygen atoms in total. The predicted molar refractivity (Wildman–Crippen MR) is 98.9 cm³/mol. The molecule has 0 bridgehead atoms. The fourth-order valence-electron chi connectivity index (χ4n) is 3.56. The molecular formula is C19H32N4O2. The lowest BCUT2D eigenvalue weighted by molar-refractivity contribution is -0.128. The van der Waals surface area contributed by atoms with E-state index in [1.165, 1.54) is 0 Å². The van der Waals surface area contributed by atoms with Crippen molar-refractivity contribution in [3.05, 3.63) is 0 Å². The third kappa shape index (κ3) is 6.68. The Bertz CT molecular complexity index is 472. The van der Waals surface area contributed by atoms with Crippen LogP contribution in [0, 0.1) is 18.3 Å². The third-order valence-corrected chi connectivity index (χ3v) is 5.15. The van der Waals surface area contributed by atoms with Crippen LogP contribution in [0.15, 0.2) is 0 Å². The van der Waals surface area contributed by atoms with E-state index in [0.29, 0.717) is 13.1 Å². The molecule has 6 heteroatoms. The molecule has 2 N–H and O–H groups in total. The van der Waals surface area contributed by atoms with Gasteiger partial charge in [-0.2, -0.15) is 0 Å². The van der Waals surface area contributed by atoms with Crippen LogP contribution in [0.4, 0.5) is 0 Å². The highest BCUT2D eigenvalue weighted by Crippen LogP contribution is 2.18. The highest BCUT2D eigenvalue weighted by Gasteiger charge is 2.28. The first kappa shape index (κ1) is 19.7. The molecule has 0 aromatic heterocycles. The van der Waals surface area contributed by atoms with Crippen LogP contribution in [-0.2, 0) is 9.59 Å². The van der Waals surface area contributed by atoms with Crippen LogP contribution in [0.25, 0.3) is 0 Å². The number of carbonyl (C=O) groups excluding carboxylic acids is 2. The molecule has 0 aromatic rings. The number of carbonyl (C=O) groups is 2. The molecule has 0 spiro atoms. The van der Waals surface area contributed by atoms with Crippen LogP contribution < -0.4 is 10.6 Å². The Morgan fingerprint density at radius 3 is 2.32 bits per heavy atom. The van der Waals surface area contributed by atoms with Crippen molar-refractivity contribution in [2.45, 2.75) is 45.1 Å². The average molecular weight is 348 g/mol. The molecule has 2 heterocycles. The maximum absolute atomic E-state index is 12.5. The average Bonchev–Trinajstić information content (AvgIpc) is 2.62. The first-order valence-electron chi connectivity index (χ1n) is 9.57. The Hall–Kier alpha value is -1.58. The summed E-state index contributed by atoms with van der Waals surface area (Å²) in [6.07, 6.45) is 9.93. The summed E-state index contributed by atoms with van der Waals surface area (Å²) in [7, 11) is 0. The zero-order valence-electron chi connectivity index (χ0n) is 15.4. The summed E-state index contributed by atoms with van der Waals surface area (Å²) in [6.45, 7) is 7.49. The minimum absolute atomic E-state index is 0.100. The highest BCUT2D eigenvalue weighted by atomic mass is 16.2. The van der Waals surface area contributed by atoms with Crippen LogP contribution in [0.5, 0.6) is 0 Å². The molecular weight excluding hydrogens is 316 g/mol. The summed E-state index contributed by atoms with van der Waals surface area (Å²) in [5, 5.41) is 6.13. The Morgan fingerprint density at radius 1 is 1.08 bits per heavy atom. The maximum Gasteiger partial charge on any atom is 0.234 e. The number of hydrogen-bond donors (Lipinski definition) is 2. The highest BCUT2D eigenvalue weighted by molar-refractivity contribution is 5.79. The smallest absolute Gasteiger partial charge is 0.234 e. The number of nitrogens with zero attached hydrogens (tertiary/aromatic N) is 2. The number of nitrogens with one attached hydrogen (secondary N) is 2. The van der Waals surface area contributed by atoms with Gasteiger partial charge in [-0.25, -0.2) is 0 Å². The minimum atomic E-state index is 0.100. The van der Waals surface area contributed by atoms with E-state index in [1.54, 1.807) is 0 Å². The van der Waals surface area contributed by atoms with E-state index in [9.17, 15) is 9.59 Å². The quantitative estimate of drug-likeness (QED) is 0.655. The molecule has 0 radical (unpaired) electrons. The van der Waals surface area contributed by atoms with Gasteiger partial charge in [0.15, 0.2) is 0 Å². The lowest BCUT2D eigenvalue weighted by Gasteiger charge is -2.34. The second-order valence-electron chi connectivity index (χ2n) is 7.16. The lowest BCUT2D eigenvalue weighted by Crippen LogP contribution is -2.49. The van der Waals surface area contributed by atoms with Crippen LogP contribution >= 0.6 is 0 Å². The molecule has 140 valence electrons. The molecule has 0 saturated carbocycles. The van der Waals surface area contributed by atoms with Gasteiger partial charge < -0.3 is 10.6 Å². The molecule has 2 aliphatic heterocycles. The second kappa shape index (κ2) is 10.4. The van der Waals surface area contributed by atoms with E-state index >= 15 is 0 Å². The Labute approximate surface area is 151 Å². The van der Waals surface area contributed by atoms with Crippen molar-refractivity contribution < 1.29 is 9.59 Å². The Kier molecular flexibility index (Phi) is 8.23. The van der Waals surface area contributed by atoms with Crippen LogP contribution in [0.3, 0.4) is 0 Å². The second-order valence-corrected chi connectivity index (χ2v) is 7.16. The fourth-order valence-corrected chi connectivity index (χ4v) is 3.56. The van der Waals surface area contributed by atoms with Gasteiger partial charge in [0.05, 0.1) is 13.1 Å². The Balaban J connectivity index is 1.64. The molecule has 0 atom stereocenters. The monoisotopic (exact) mass is 348 g/mol. The van der Waals surface area contributed by atoms with Gasteiger partial charge in [-0.15, -0.1) is 6.42 Å². The van der Waals surface area contributed by atoms with Crippen molar-refractivity contribution in [2.24, 2.45) is 5.92 Å². The number of rotatable bonds is 7. The molecule has 2 amide bonds. The summed E-state index contributed by atoms with van der Waals surface area (Å²) in [5.74, 6) is 3.08. The van der Waals surface area contributed by atoms with Gasteiger partial charge in [-0.1, -0.05) is 12.8 Å². The SMILES string of the molecule is C#CCN1CCC(C(=O)NC2CCN(CC(=O)NCCC)CC2)CC1. The topological polar surface area (TPSA) is 64.7 Å². The van der Waals surface area contributed by atoms with Crippen molar-refractivity contribution in [1.29, 1.82) is 0 Å². The van der Waals surface area contributed by atoms with Crippen LogP contribution in [0.2, 0.25) is 0 Å². The van der Waals surface area contributed by atoms with Gasteiger partial charge in [0, 0.05) is 31.6 Å². The van der Waals surface area contributed by atoms with E-state index in [-0.39, 0.29) is 23.8 Å². The van der Waals surface area contributed by atoms with Crippen molar-refractivity contribution in [3.8, 4) is 12.3 Å². The molecule has 2 aliphatic rings. The van der Waals surface area contributed by atoms with Crippen molar-refractivity contribution in [1.82, 2.24) is 20.4 Å². The van der Waals surface area contributed by atoms with Gasteiger partial charge in [0.2, 0.25) is 11.8 Å². The lowest BCUT2D eigenvalue weighted by atomic mass is 9.94. The van der Waals surface area contributed by atoms with E-state index in [1.807, 2.05) is 6.92 Å². The summed E-state index contributed by atoms with van der Waals surface area (Å²) in [4.78, 5) is 28.6. The summed E-state index contributed by atoms with van der Waals surface area (Å²) in [5.41, 5.74) is 0. The van der Waals surface area contributed by atoms with E-state index in [0.717, 1.165) is 64.8 Å². The molecule has 0 aliphatic carbocycles. The van der Waals surface area contributed by atoms with E-state index in [2.05, 4.69) is 26.4 Å². The number of terminal acetylenes is 1. The largest absolute Gasteiger partial charge is 0.355 e. The van der Waals surface area contributed by atoms with Crippen LogP contribution in [-0.4, -0.2) is 73.5 Å². The maximum atomic E-state index is 12.5. The number of piperidine rings is 2. The van der Waals surface area contributed by atoms with Gasteiger partial charge in [0.25, 0.3) is 0 Å². The molecule has 2 fully saturated rings. The number of likely N-dealkylation sites (tertiary alicyclic amines) is 2. The van der Waals surface area contributed by atoms with Crippen molar-refractivity contribution >= 4 is 11.8 Å². The predicted octanol–water partition coefficient (Wildman–Crippen LogP) is 0.438. The molecule has 0 aromatic carbocycles. The molecule has 2 rings (SSSR count). The van der Waals surface area contributed by atoms with Gasteiger partial charge in [-0.3, -0.25) is 19.4 Å². The normalized spacial score (nSPS) is 20.8. The van der Waals surface area contributed by atoms with Crippen molar-refractivity contribution in [2.75, 3.05) is 45.8 Å². The first-order chi connectivity index (χ1) is 12.1. The zero-order chi connectivity index (χ0) is 18.1. The van der Waals surface area contributed by atoms with E-state index in [4.69, 9.17) is 6.42 Å². The van der Waals surface area contributed by atoms with Gasteiger partial charge in [-0.05, 0) is 45.2 Å². The summed E-state index contributed by atoms with van der Waals surface area (Å²) < 4.78 is 0. The summed E-state index contributed by atoms with van der Waals surface area (Å²) >= 11 is 0. The number of hydrogen-bond acceptors (Lipinski definition) is 4. The molecule has 25 heavy (non-hydrogen) atoms. The first-order valence-corrected chi connectivity index (χ1v) is 9.57.